The van der Waals surface area contributed by atoms with Gasteiger partial charge >= 0.3 is 0 Å². The molecule has 0 saturated heterocycles. The van der Waals surface area contributed by atoms with E-state index in [9.17, 15) is 0 Å². The number of rotatable bonds is 8. The van der Waals surface area contributed by atoms with Crippen molar-refractivity contribution in [2.24, 2.45) is 10.7 Å². The van der Waals surface area contributed by atoms with Crippen molar-refractivity contribution >= 4 is 17.0 Å². The lowest BCUT2D eigenvalue weighted by molar-refractivity contribution is 0.354. The van der Waals surface area contributed by atoms with Gasteiger partial charge in [0.25, 0.3) is 0 Å². The first-order valence-electron chi connectivity index (χ1n) is 10.4. The maximum absolute atomic E-state index is 6.04. The van der Waals surface area contributed by atoms with Gasteiger partial charge in [-0.3, -0.25) is 0 Å². The smallest absolute Gasteiger partial charge is 0.189 e. The lowest BCUT2D eigenvalue weighted by atomic mass is 10.1. The van der Waals surface area contributed by atoms with Crippen molar-refractivity contribution in [3.8, 4) is 11.5 Å². The molecule has 164 valence electrons. The fourth-order valence-electron chi connectivity index (χ4n) is 3.50. The number of aliphatic imine (C=N–C) groups is 1. The maximum atomic E-state index is 6.04. The van der Waals surface area contributed by atoms with Gasteiger partial charge in [-0.05, 0) is 41.0 Å². The summed E-state index contributed by atoms with van der Waals surface area (Å²) in [5, 5.41) is 3.17. The zero-order valence-corrected chi connectivity index (χ0v) is 18.3. The van der Waals surface area contributed by atoms with Crippen LogP contribution in [0.25, 0.3) is 11.0 Å². The van der Waals surface area contributed by atoms with E-state index in [0.29, 0.717) is 30.5 Å². The number of para-hydroxylation sites is 2. The molecule has 4 aromatic rings. The Kier molecular flexibility index (Phi) is 6.55. The van der Waals surface area contributed by atoms with Crippen LogP contribution in [0, 0.1) is 0 Å². The van der Waals surface area contributed by atoms with E-state index in [0.717, 1.165) is 28.7 Å². The Hall–Kier alpha value is -4.00. The van der Waals surface area contributed by atoms with Crippen LogP contribution in [0.1, 0.15) is 16.7 Å². The van der Waals surface area contributed by atoms with E-state index in [4.69, 9.17) is 15.2 Å². The van der Waals surface area contributed by atoms with Crippen molar-refractivity contribution in [1.29, 1.82) is 0 Å². The van der Waals surface area contributed by atoms with Crippen LogP contribution >= 0.6 is 0 Å². The van der Waals surface area contributed by atoms with E-state index in [1.54, 1.807) is 14.2 Å². The first-order chi connectivity index (χ1) is 15.7. The quantitative estimate of drug-likeness (QED) is 0.329. The fraction of sp³-hybridized carbons (Fsp3) is 0.200. The Morgan fingerprint density at radius 3 is 2.44 bits per heavy atom. The molecule has 0 aliphatic rings. The second kappa shape index (κ2) is 9.87. The molecule has 7 nitrogen and oxygen atoms in total. The van der Waals surface area contributed by atoms with Crippen LogP contribution < -0.4 is 20.5 Å². The highest BCUT2D eigenvalue weighted by atomic mass is 16.5. The lowest BCUT2D eigenvalue weighted by Gasteiger charge is -2.10. The van der Waals surface area contributed by atoms with E-state index < -0.39 is 0 Å². The number of imidazole rings is 1. The van der Waals surface area contributed by atoms with Crippen LogP contribution in [-0.2, 0) is 19.6 Å². The van der Waals surface area contributed by atoms with Gasteiger partial charge in [-0.25, -0.2) is 9.98 Å². The standard InChI is InChI=1S/C25H27N5O2/c1-31-23-12-11-20(13-24(23)32-2)15-28-25(26)27-14-18-7-9-19(10-8-18)16-30-17-29-21-5-3-4-6-22(21)30/h3-13,17H,14-16H2,1-2H3,(H3,26,27,28). The molecule has 0 aliphatic carbocycles. The molecule has 3 aromatic carbocycles. The van der Waals surface area contributed by atoms with E-state index in [-0.39, 0.29) is 0 Å². The van der Waals surface area contributed by atoms with Crippen LogP contribution in [0.15, 0.2) is 78.0 Å². The van der Waals surface area contributed by atoms with Gasteiger partial charge in [0.2, 0.25) is 0 Å². The number of hydrogen-bond donors (Lipinski definition) is 2. The number of guanidine groups is 1. The normalized spacial score (nSPS) is 11.5. The average Bonchev–Trinajstić information content (AvgIpc) is 3.24. The topological polar surface area (TPSA) is 86.7 Å². The van der Waals surface area contributed by atoms with Crippen molar-refractivity contribution in [2.45, 2.75) is 19.6 Å². The molecule has 0 radical (unpaired) electrons. The second-order valence-electron chi connectivity index (χ2n) is 7.42. The molecule has 0 aliphatic heterocycles. The first kappa shape index (κ1) is 21.2. The number of fused-ring (bicyclic) bond motifs is 1. The molecule has 0 fully saturated rings. The Labute approximate surface area is 187 Å². The van der Waals surface area contributed by atoms with Crippen LogP contribution in [0.4, 0.5) is 0 Å². The van der Waals surface area contributed by atoms with Gasteiger partial charge in [0, 0.05) is 13.1 Å². The summed E-state index contributed by atoms with van der Waals surface area (Å²) >= 11 is 0. The predicted octanol–water partition coefficient (Wildman–Crippen LogP) is 3.71. The molecule has 0 unspecified atom stereocenters. The van der Waals surface area contributed by atoms with E-state index >= 15 is 0 Å². The van der Waals surface area contributed by atoms with Crippen molar-refractivity contribution in [3.05, 3.63) is 89.7 Å². The van der Waals surface area contributed by atoms with E-state index in [2.05, 4.69) is 50.2 Å². The monoisotopic (exact) mass is 429 g/mol. The molecule has 3 N–H and O–H groups in total. The van der Waals surface area contributed by atoms with Gasteiger partial charge in [-0.1, -0.05) is 42.5 Å². The summed E-state index contributed by atoms with van der Waals surface area (Å²) in [6, 6.07) is 22.3. The molecular weight excluding hydrogens is 402 g/mol. The highest BCUT2D eigenvalue weighted by Gasteiger charge is 2.05. The van der Waals surface area contributed by atoms with Crippen LogP contribution in [0.3, 0.4) is 0 Å². The molecule has 0 spiro atoms. The minimum absolute atomic E-state index is 0.397. The van der Waals surface area contributed by atoms with E-state index in [1.807, 2.05) is 42.7 Å². The zero-order valence-electron chi connectivity index (χ0n) is 18.3. The summed E-state index contributed by atoms with van der Waals surface area (Å²) in [5.41, 5.74) is 11.5. The van der Waals surface area contributed by atoms with Crippen molar-refractivity contribution in [2.75, 3.05) is 14.2 Å². The minimum atomic E-state index is 0.397. The summed E-state index contributed by atoms with van der Waals surface area (Å²) in [5.74, 6) is 1.76. The summed E-state index contributed by atoms with van der Waals surface area (Å²) in [7, 11) is 3.23. The van der Waals surface area contributed by atoms with Crippen LogP contribution in [0.5, 0.6) is 11.5 Å². The van der Waals surface area contributed by atoms with Crippen molar-refractivity contribution in [1.82, 2.24) is 14.9 Å². The molecule has 32 heavy (non-hydrogen) atoms. The Bertz CT molecular complexity index is 1210. The summed E-state index contributed by atoms with van der Waals surface area (Å²) in [6.07, 6.45) is 1.88. The Balaban J connectivity index is 1.32. The van der Waals surface area contributed by atoms with Crippen molar-refractivity contribution < 1.29 is 9.47 Å². The molecule has 1 aromatic heterocycles. The number of nitrogens with zero attached hydrogens (tertiary/aromatic N) is 3. The highest BCUT2D eigenvalue weighted by molar-refractivity contribution is 5.77. The number of benzene rings is 3. The predicted molar refractivity (Wildman–Crippen MR) is 127 cm³/mol. The van der Waals surface area contributed by atoms with Gasteiger partial charge < -0.3 is 25.1 Å². The van der Waals surface area contributed by atoms with Gasteiger partial charge in [0.1, 0.15) is 0 Å². The molecular formula is C25H27N5O2. The summed E-state index contributed by atoms with van der Waals surface area (Å²) in [6.45, 7) is 1.84. The first-order valence-corrected chi connectivity index (χ1v) is 10.4. The fourth-order valence-corrected chi connectivity index (χ4v) is 3.50. The molecule has 4 rings (SSSR count). The average molecular weight is 430 g/mol. The number of ether oxygens (including phenoxy) is 2. The minimum Gasteiger partial charge on any atom is -0.493 e. The highest BCUT2D eigenvalue weighted by Crippen LogP contribution is 2.27. The number of aromatic nitrogens is 2. The van der Waals surface area contributed by atoms with Gasteiger partial charge in [0.05, 0.1) is 38.1 Å². The zero-order chi connectivity index (χ0) is 22.3. The summed E-state index contributed by atoms with van der Waals surface area (Å²) in [4.78, 5) is 8.86. The largest absolute Gasteiger partial charge is 0.493 e. The maximum Gasteiger partial charge on any atom is 0.189 e. The Morgan fingerprint density at radius 1 is 0.938 bits per heavy atom. The van der Waals surface area contributed by atoms with E-state index in [1.165, 1.54) is 5.56 Å². The third kappa shape index (κ3) is 5.00. The number of nitrogens with two attached hydrogens (primary N) is 1. The Morgan fingerprint density at radius 2 is 1.66 bits per heavy atom. The SMILES string of the molecule is COc1ccc(CN=C(N)NCc2ccc(Cn3cnc4ccccc43)cc2)cc1OC. The van der Waals surface area contributed by atoms with Crippen LogP contribution in [0.2, 0.25) is 0 Å². The molecule has 7 heteroatoms. The molecule has 0 saturated carbocycles. The molecule has 1 heterocycles. The third-order valence-electron chi connectivity index (χ3n) is 5.26. The van der Waals surface area contributed by atoms with Crippen LogP contribution in [-0.4, -0.2) is 29.7 Å². The van der Waals surface area contributed by atoms with Gasteiger partial charge in [-0.2, -0.15) is 0 Å². The van der Waals surface area contributed by atoms with Crippen molar-refractivity contribution in [3.63, 3.8) is 0 Å². The number of methoxy groups -OCH3 is 2. The molecule has 0 atom stereocenters. The van der Waals surface area contributed by atoms with Gasteiger partial charge in [0.15, 0.2) is 17.5 Å². The summed E-state index contributed by atoms with van der Waals surface area (Å²) < 4.78 is 12.7. The number of nitrogens with one attached hydrogen (secondary N) is 1. The number of hydrogen-bond acceptors (Lipinski definition) is 4. The second-order valence-corrected chi connectivity index (χ2v) is 7.42. The third-order valence-corrected chi connectivity index (χ3v) is 5.26. The molecule has 0 amide bonds. The lowest BCUT2D eigenvalue weighted by Crippen LogP contribution is -2.31. The van der Waals surface area contributed by atoms with Gasteiger partial charge in [-0.15, -0.1) is 0 Å². The molecule has 0 bridgehead atoms.